The van der Waals surface area contributed by atoms with E-state index >= 15 is 0 Å². The van der Waals surface area contributed by atoms with Crippen LogP contribution >= 0.6 is 0 Å². The number of amides is 2. The molecule has 16 heavy (non-hydrogen) atoms. The van der Waals surface area contributed by atoms with Crippen molar-refractivity contribution in [1.29, 1.82) is 0 Å². The van der Waals surface area contributed by atoms with E-state index in [9.17, 15) is 9.59 Å². The van der Waals surface area contributed by atoms with Crippen LogP contribution in [-0.4, -0.2) is 40.6 Å². The van der Waals surface area contributed by atoms with E-state index in [-0.39, 0.29) is 5.91 Å². The van der Waals surface area contributed by atoms with Gasteiger partial charge in [-0.25, -0.2) is 4.79 Å². The summed E-state index contributed by atoms with van der Waals surface area (Å²) in [5, 5.41) is 11.4. The highest BCUT2D eigenvalue weighted by Gasteiger charge is 2.39. The molecule has 0 aromatic rings. The Morgan fingerprint density at radius 3 is 2.62 bits per heavy atom. The fourth-order valence-electron chi connectivity index (χ4n) is 2.25. The standard InChI is InChI=1S/C11H20N2O3/c1-3-4-5-11(12-10(15)16)6-7-13(8-11)9(2)14/h12H,3-8H2,1-2H3,(H,15,16)/t11-/m1/s1. The van der Waals surface area contributed by atoms with E-state index in [4.69, 9.17) is 5.11 Å². The van der Waals surface area contributed by atoms with Gasteiger partial charge in [-0.1, -0.05) is 19.8 Å². The highest BCUT2D eigenvalue weighted by Crippen LogP contribution is 2.27. The minimum atomic E-state index is -0.999. The smallest absolute Gasteiger partial charge is 0.405 e. The molecule has 1 fully saturated rings. The van der Waals surface area contributed by atoms with Crippen LogP contribution in [0.1, 0.15) is 39.5 Å². The fourth-order valence-corrected chi connectivity index (χ4v) is 2.25. The van der Waals surface area contributed by atoms with Gasteiger partial charge in [0.05, 0.1) is 5.54 Å². The maximum atomic E-state index is 11.2. The zero-order valence-corrected chi connectivity index (χ0v) is 9.95. The van der Waals surface area contributed by atoms with Gasteiger partial charge >= 0.3 is 6.09 Å². The summed E-state index contributed by atoms with van der Waals surface area (Å²) in [7, 11) is 0. The molecule has 1 aliphatic heterocycles. The Balaban J connectivity index is 2.66. The average Bonchev–Trinajstić information content (AvgIpc) is 2.59. The number of nitrogens with one attached hydrogen (secondary N) is 1. The van der Waals surface area contributed by atoms with E-state index in [0.29, 0.717) is 13.1 Å². The van der Waals surface area contributed by atoms with Crippen LogP contribution in [0.2, 0.25) is 0 Å². The Labute approximate surface area is 95.8 Å². The lowest BCUT2D eigenvalue weighted by atomic mass is 9.92. The minimum Gasteiger partial charge on any atom is -0.465 e. The van der Waals surface area contributed by atoms with Crippen LogP contribution in [-0.2, 0) is 4.79 Å². The number of carbonyl (C=O) groups is 2. The van der Waals surface area contributed by atoms with E-state index in [1.165, 1.54) is 6.92 Å². The maximum absolute atomic E-state index is 11.2. The molecule has 0 unspecified atom stereocenters. The maximum Gasteiger partial charge on any atom is 0.405 e. The predicted molar refractivity (Wildman–Crippen MR) is 60.3 cm³/mol. The predicted octanol–water partition coefficient (Wildman–Crippen LogP) is 1.44. The summed E-state index contributed by atoms with van der Waals surface area (Å²) in [6.07, 6.45) is 2.54. The molecule has 0 spiro atoms. The first-order valence-electron chi connectivity index (χ1n) is 5.76. The van der Waals surface area contributed by atoms with Crippen LogP contribution in [0.25, 0.3) is 0 Å². The molecular formula is C11H20N2O3. The van der Waals surface area contributed by atoms with Crippen molar-refractivity contribution >= 4 is 12.0 Å². The number of carbonyl (C=O) groups excluding carboxylic acids is 1. The Bertz CT molecular complexity index is 280. The zero-order valence-electron chi connectivity index (χ0n) is 9.95. The molecule has 1 rings (SSSR count). The van der Waals surface area contributed by atoms with Crippen molar-refractivity contribution in [2.45, 2.75) is 45.1 Å². The normalized spacial score (nSPS) is 24.5. The lowest BCUT2D eigenvalue weighted by Gasteiger charge is -2.29. The molecule has 5 heteroatoms. The van der Waals surface area contributed by atoms with Crippen molar-refractivity contribution in [1.82, 2.24) is 10.2 Å². The van der Waals surface area contributed by atoms with Crippen molar-refractivity contribution in [3.8, 4) is 0 Å². The second kappa shape index (κ2) is 5.18. The van der Waals surface area contributed by atoms with Gasteiger partial charge in [-0.05, 0) is 12.8 Å². The van der Waals surface area contributed by atoms with Crippen molar-refractivity contribution < 1.29 is 14.7 Å². The monoisotopic (exact) mass is 228 g/mol. The summed E-state index contributed by atoms with van der Waals surface area (Å²) in [4.78, 5) is 23.7. The van der Waals surface area contributed by atoms with Gasteiger partial charge in [-0.2, -0.15) is 0 Å². The second-order valence-corrected chi connectivity index (χ2v) is 4.50. The van der Waals surface area contributed by atoms with Crippen LogP contribution in [0, 0.1) is 0 Å². The molecule has 0 bridgehead atoms. The van der Waals surface area contributed by atoms with Crippen LogP contribution < -0.4 is 5.32 Å². The van der Waals surface area contributed by atoms with E-state index in [1.807, 2.05) is 0 Å². The number of nitrogens with zero attached hydrogens (tertiary/aromatic N) is 1. The van der Waals surface area contributed by atoms with Gasteiger partial charge in [0.25, 0.3) is 0 Å². The van der Waals surface area contributed by atoms with E-state index in [0.717, 1.165) is 25.7 Å². The van der Waals surface area contributed by atoms with Crippen LogP contribution in [0.5, 0.6) is 0 Å². The minimum absolute atomic E-state index is 0.0190. The molecule has 0 aromatic heterocycles. The first kappa shape index (κ1) is 12.8. The molecule has 0 saturated carbocycles. The summed E-state index contributed by atoms with van der Waals surface area (Å²) in [5.41, 5.74) is -0.423. The molecule has 0 radical (unpaired) electrons. The van der Waals surface area contributed by atoms with E-state index in [2.05, 4.69) is 12.2 Å². The molecule has 1 atom stereocenters. The third kappa shape index (κ3) is 3.12. The summed E-state index contributed by atoms with van der Waals surface area (Å²) < 4.78 is 0. The lowest BCUT2D eigenvalue weighted by molar-refractivity contribution is -0.128. The number of likely N-dealkylation sites (tertiary alicyclic amines) is 1. The number of hydrogen-bond donors (Lipinski definition) is 2. The third-order valence-corrected chi connectivity index (χ3v) is 3.18. The van der Waals surface area contributed by atoms with Crippen molar-refractivity contribution in [2.24, 2.45) is 0 Å². The van der Waals surface area contributed by atoms with Crippen molar-refractivity contribution in [2.75, 3.05) is 13.1 Å². The van der Waals surface area contributed by atoms with Gasteiger partial charge in [-0.3, -0.25) is 4.79 Å². The average molecular weight is 228 g/mol. The Hall–Kier alpha value is -1.26. The molecule has 0 aliphatic carbocycles. The molecule has 92 valence electrons. The molecule has 5 nitrogen and oxygen atoms in total. The Morgan fingerprint density at radius 2 is 2.19 bits per heavy atom. The fraction of sp³-hybridized carbons (Fsp3) is 0.818. The number of rotatable bonds is 4. The number of hydrogen-bond acceptors (Lipinski definition) is 2. The molecule has 1 saturated heterocycles. The Morgan fingerprint density at radius 1 is 1.50 bits per heavy atom. The number of unbranched alkanes of at least 4 members (excludes halogenated alkanes) is 1. The van der Waals surface area contributed by atoms with Crippen LogP contribution in [0.15, 0.2) is 0 Å². The zero-order chi connectivity index (χ0) is 12.2. The summed E-state index contributed by atoms with van der Waals surface area (Å²) in [6.45, 7) is 4.76. The van der Waals surface area contributed by atoms with Gasteiger partial charge < -0.3 is 15.3 Å². The van der Waals surface area contributed by atoms with Gasteiger partial charge in [0, 0.05) is 20.0 Å². The lowest BCUT2D eigenvalue weighted by Crippen LogP contribution is -2.50. The topological polar surface area (TPSA) is 69.6 Å². The van der Waals surface area contributed by atoms with E-state index in [1.54, 1.807) is 4.90 Å². The molecule has 1 heterocycles. The molecule has 1 aliphatic rings. The molecular weight excluding hydrogens is 208 g/mol. The van der Waals surface area contributed by atoms with E-state index < -0.39 is 11.6 Å². The third-order valence-electron chi connectivity index (χ3n) is 3.18. The second-order valence-electron chi connectivity index (χ2n) is 4.50. The Kier molecular flexibility index (Phi) is 4.15. The SMILES string of the molecule is CCCC[C@@]1(NC(=O)O)CCN(C(C)=O)C1. The first-order chi connectivity index (χ1) is 7.49. The summed E-state index contributed by atoms with van der Waals surface area (Å²) >= 11 is 0. The molecule has 0 aromatic carbocycles. The van der Waals surface area contributed by atoms with Crippen molar-refractivity contribution in [3.05, 3.63) is 0 Å². The largest absolute Gasteiger partial charge is 0.465 e. The number of carboxylic acid groups (broad SMARTS) is 1. The van der Waals surface area contributed by atoms with Gasteiger partial charge in [0.2, 0.25) is 5.91 Å². The first-order valence-corrected chi connectivity index (χ1v) is 5.76. The van der Waals surface area contributed by atoms with Gasteiger partial charge in [0.15, 0.2) is 0 Å². The highest BCUT2D eigenvalue weighted by atomic mass is 16.4. The van der Waals surface area contributed by atoms with Crippen molar-refractivity contribution in [3.63, 3.8) is 0 Å². The molecule has 2 N–H and O–H groups in total. The molecule has 2 amide bonds. The highest BCUT2D eigenvalue weighted by molar-refractivity contribution is 5.74. The summed E-state index contributed by atoms with van der Waals surface area (Å²) in [5.74, 6) is 0.0190. The van der Waals surface area contributed by atoms with Gasteiger partial charge in [0.1, 0.15) is 0 Å². The van der Waals surface area contributed by atoms with Crippen LogP contribution in [0.4, 0.5) is 4.79 Å². The summed E-state index contributed by atoms with van der Waals surface area (Å²) in [6, 6.07) is 0. The van der Waals surface area contributed by atoms with Gasteiger partial charge in [-0.15, -0.1) is 0 Å². The quantitative estimate of drug-likeness (QED) is 0.764. The van der Waals surface area contributed by atoms with Crippen LogP contribution in [0.3, 0.4) is 0 Å².